The smallest absolute Gasteiger partial charge is 0.0786 e. The van der Waals surface area contributed by atoms with Crippen molar-refractivity contribution in [3.63, 3.8) is 0 Å². The molecule has 0 radical (unpaired) electrons. The normalized spacial score (nSPS) is 13.2. The van der Waals surface area contributed by atoms with Crippen molar-refractivity contribution in [2.24, 2.45) is 0 Å². The lowest BCUT2D eigenvalue weighted by atomic mass is 9.82. The molecule has 0 spiro atoms. The van der Waals surface area contributed by atoms with Crippen LogP contribution in [0.3, 0.4) is 0 Å². The molecule has 0 aliphatic heterocycles. The van der Waals surface area contributed by atoms with E-state index in [1.807, 2.05) is 24.5 Å². The minimum absolute atomic E-state index is 0.271. The van der Waals surface area contributed by atoms with Gasteiger partial charge in [0.25, 0.3) is 0 Å². The Morgan fingerprint density at radius 1 is 0.333 bits per heavy atom. The van der Waals surface area contributed by atoms with Gasteiger partial charge in [0, 0.05) is 72.3 Å². The van der Waals surface area contributed by atoms with Crippen LogP contribution in [0.1, 0.15) is 25.0 Å². The Bertz CT molecular complexity index is 4240. The lowest BCUT2D eigenvalue weighted by molar-refractivity contribution is 0.661. The Morgan fingerprint density at radius 2 is 0.768 bits per heavy atom. The largest absolute Gasteiger partial charge is 0.309 e. The van der Waals surface area contributed by atoms with Crippen molar-refractivity contribution in [3.05, 3.63) is 230 Å². The molecule has 0 atom stereocenters. The third-order valence-electron chi connectivity index (χ3n) is 15.3. The zero-order valence-corrected chi connectivity index (χ0v) is 38.1. The van der Waals surface area contributed by atoms with Crippen molar-refractivity contribution in [2.45, 2.75) is 19.3 Å². The maximum absolute atomic E-state index is 4.89. The van der Waals surface area contributed by atoms with E-state index in [2.05, 4.69) is 217 Å². The second-order valence-corrected chi connectivity index (χ2v) is 19.3. The topological polar surface area (TPSA) is 35.6 Å². The van der Waals surface area contributed by atoms with Gasteiger partial charge in [-0.3, -0.25) is 9.97 Å². The Balaban J connectivity index is 0.913. The summed E-state index contributed by atoms with van der Waals surface area (Å²) in [7, 11) is 0. The minimum atomic E-state index is -0.271. The number of hydrogen-bond acceptors (Lipinski definition) is 2. The van der Waals surface area contributed by atoms with Crippen LogP contribution < -0.4 is 0 Å². The van der Waals surface area contributed by atoms with Gasteiger partial charge in [-0.25, -0.2) is 0 Å². The summed E-state index contributed by atoms with van der Waals surface area (Å²) in [6.45, 7) is 4.82. The number of hydrogen-bond donors (Lipinski definition) is 0. The van der Waals surface area contributed by atoms with E-state index < -0.39 is 0 Å². The molecule has 15 rings (SSSR count). The molecule has 1 aliphatic rings. The number of para-hydroxylation sites is 2. The van der Waals surface area contributed by atoms with Crippen molar-refractivity contribution >= 4 is 87.0 Å². The summed E-state index contributed by atoms with van der Waals surface area (Å²) < 4.78 is 4.96. The minimum Gasteiger partial charge on any atom is -0.309 e. The molecule has 0 saturated heterocycles. The molecule has 10 aromatic carbocycles. The summed E-state index contributed by atoms with van der Waals surface area (Å²) in [6.07, 6.45) is 3.80. The summed E-state index contributed by atoms with van der Waals surface area (Å²) in [4.78, 5) is 9.77. The van der Waals surface area contributed by atoms with Crippen LogP contribution >= 0.6 is 0 Å². The first-order chi connectivity index (χ1) is 34.0. The molecular formula is C65H42N4. The highest BCUT2D eigenvalue weighted by atomic mass is 15.0. The highest BCUT2D eigenvalue weighted by Crippen LogP contribution is 2.53. The number of pyridine rings is 2. The van der Waals surface area contributed by atoms with Crippen LogP contribution in [0.25, 0.3) is 132 Å². The molecule has 4 aromatic heterocycles. The van der Waals surface area contributed by atoms with Gasteiger partial charge in [0.2, 0.25) is 0 Å². The van der Waals surface area contributed by atoms with Gasteiger partial charge in [-0.05, 0) is 128 Å². The highest BCUT2D eigenvalue weighted by molar-refractivity contribution is 6.17. The number of fused-ring (bicyclic) bond motifs is 15. The fourth-order valence-corrected chi connectivity index (χ4v) is 12.1. The van der Waals surface area contributed by atoms with Crippen LogP contribution in [0.2, 0.25) is 0 Å². The molecule has 322 valence electrons. The Hall–Kier alpha value is -8.86. The second-order valence-electron chi connectivity index (χ2n) is 19.3. The Labute approximate surface area is 398 Å². The summed E-state index contributed by atoms with van der Waals surface area (Å²) in [6, 6.07) is 76.2. The molecule has 4 heteroatoms. The van der Waals surface area contributed by atoms with E-state index >= 15 is 0 Å². The molecular weight excluding hydrogens is 837 g/mol. The number of aromatic nitrogens is 4. The SMILES string of the molecule is CC1(C)c2cc3c(cc2-c2cc4c5ccccc5n(-c5cccc(-c6cccc7ccc8cccnc8c67)c5)c4cc21)c1ccccc1n3-c1cccc(-c2cccc3ccc4cccnc4c23)c1. The van der Waals surface area contributed by atoms with Gasteiger partial charge in [-0.2, -0.15) is 0 Å². The van der Waals surface area contributed by atoms with Crippen LogP contribution in [-0.2, 0) is 5.41 Å². The average Bonchev–Trinajstić information content (AvgIpc) is 3.99. The maximum atomic E-state index is 4.89. The quantitative estimate of drug-likeness (QED) is 0.165. The van der Waals surface area contributed by atoms with Gasteiger partial charge in [0.1, 0.15) is 0 Å². The van der Waals surface area contributed by atoms with E-state index in [-0.39, 0.29) is 5.41 Å². The van der Waals surface area contributed by atoms with Crippen molar-refractivity contribution < 1.29 is 0 Å². The van der Waals surface area contributed by atoms with Gasteiger partial charge >= 0.3 is 0 Å². The fourth-order valence-electron chi connectivity index (χ4n) is 12.1. The summed E-state index contributed by atoms with van der Waals surface area (Å²) in [5.41, 5.74) is 18.9. The number of benzene rings is 10. The molecule has 69 heavy (non-hydrogen) atoms. The van der Waals surface area contributed by atoms with Crippen LogP contribution in [0.15, 0.2) is 219 Å². The first-order valence-electron chi connectivity index (χ1n) is 23.9. The van der Waals surface area contributed by atoms with E-state index in [1.54, 1.807) is 0 Å². The molecule has 14 aromatic rings. The van der Waals surface area contributed by atoms with Gasteiger partial charge in [0.15, 0.2) is 0 Å². The maximum Gasteiger partial charge on any atom is 0.0786 e. The van der Waals surface area contributed by atoms with E-state index in [0.717, 1.165) is 33.2 Å². The molecule has 0 N–H and O–H groups in total. The lowest BCUT2D eigenvalue weighted by Gasteiger charge is -2.22. The molecule has 0 fully saturated rings. The van der Waals surface area contributed by atoms with E-state index in [0.29, 0.717) is 0 Å². The predicted octanol–water partition coefficient (Wildman–Crippen LogP) is 16.9. The van der Waals surface area contributed by atoms with Gasteiger partial charge in [-0.1, -0.05) is 147 Å². The molecule has 1 aliphatic carbocycles. The lowest BCUT2D eigenvalue weighted by Crippen LogP contribution is -2.15. The second kappa shape index (κ2) is 14.1. The molecule has 0 saturated carbocycles. The molecule has 0 amide bonds. The average molecular weight is 879 g/mol. The van der Waals surface area contributed by atoms with Crippen molar-refractivity contribution in [3.8, 4) is 44.8 Å². The monoisotopic (exact) mass is 878 g/mol. The highest BCUT2D eigenvalue weighted by Gasteiger charge is 2.37. The van der Waals surface area contributed by atoms with Crippen LogP contribution in [-0.4, -0.2) is 19.1 Å². The first-order valence-corrected chi connectivity index (χ1v) is 23.9. The molecule has 0 bridgehead atoms. The first kappa shape index (κ1) is 38.3. The molecule has 4 nitrogen and oxygen atoms in total. The van der Waals surface area contributed by atoms with Crippen molar-refractivity contribution in [2.75, 3.05) is 0 Å². The number of rotatable bonds is 4. The van der Waals surface area contributed by atoms with Crippen LogP contribution in [0.5, 0.6) is 0 Å². The fraction of sp³-hybridized carbons (Fsp3) is 0.0462. The van der Waals surface area contributed by atoms with E-state index in [4.69, 9.17) is 9.97 Å². The zero-order valence-electron chi connectivity index (χ0n) is 38.1. The standard InChI is InChI=1S/C65H42N4/c1-65(2)55-37-59-53(49-21-3-5-25-57(49)68(59)45-19-7-15-43(33-45)47-23-9-13-39-27-29-41-17-11-31-66-63(41)61(39)47)35-51(55)52-36-54-50-22-4-6-26-58(50)69(60(54)38-56(52)65)46-20-8-16-44(34-46)48-24-10-14-40-28-30-42-18-12-32-67-64(42)62(40)48/h3-38H,1-2H3. The predicted molar refractivity (Wildman–Crippen MR) is 289 cm³/mol. The summed E-state index contributed by atoms with van der Waals surface area (Å²) in [5.74, 6) is 0. The Kier molecular flexibility index (Phi) is 7.81. The number of nitrogens with zero attached hydrogens (tertiary/aromatic N) is 4. The van der Waals surface area contributed by atoms with E-state index in [9.17, 15) is 0 Å². The molecule has 4 heterocycles. The third-order valence-corrected chi connectivity index (χ3v) is 15.3. The molecule has 0 unspecified atom stereocenters. The van der Waals surface area contributed by atoms with E-state index in [1.165, 1.54) is 110 Å². The summed E-state index contributed by atoms with van der Waals surface area (Å²) >= 11 is 0. The zero-order chi connectivity index (χ0) is 45.5. The van der Waals surface area contributed by atoms with Crippen molar-refractivity contribution in [1.82, 2.24) is 19.1 Å². The van der Waals surface area contributed by atoms with Crippen molar-refractivity contribution in [1.29, 1.82) is 0 Å². The summed E-state index contributed by atoms with van der Waals surface area (Å²) in [5, 5.41) is 12.1. The Morgan fingerprint density at radius 3 is 1.26 bits per heavy atom. The van der Waals surface area contributed by atoms with Gasteiger partial charge < -0.3 is 9.13 Å². The van der Waals surface area contributed by atoms with Gasteiger partial charge in [-0.15, -0.1) is 0 Å². The third kappa shape index (κ3) is 5.40. The van der Waals surface area contributed by atoms with Gasteiger partial charge in [0.05, 0.1) is 33.1 Å². The van der Waals surface area contributed by atoms with Crippen LogP contribution in [0.4, 0.5) is 0 Å². The van der Waals surface area contributed by atoms with Crippen LogP contribution in [0, 0.1) is 0 Å².